The molecular weight excluding hydrogens is 168 g/mol. The normalized spacial score (nSPS) is 41.6. The largest absolute Gasteiger partial charge is 0.389 e. The predicted octanol–water partition coefficient (Wildman–Crippen LogP) is 2.60. The molecule has 1 aliphatic rings. The van der Waals surface area contributed by atoms with Gasteiger partial charge in [-0.3, -0.25) is 0 Å². The van der Waals surface area contributed by atoms with Crippen LogP contribution in [0.2, 0.25) is 0 Å². The Hall–Kier alpha value is 0.0500. The van der Waals surface area contributed by atoms with E-state index < -0.39 is 5.60 Å². The van der Waals surface area contributed by atoms with Gasteiger partial charge in [-0.1, -0.05) is 6.08 Å². The van der Waals surface area contributed by atoms with Gasteiger partial charge in [0.15, 0.2) is 0 Å². The minimum Gasteiger partial charge on any atom is -0.389 e. The quantitative estimate of drug-likeness (QED) is 0.684. The number of thioether (sulfide) groups is 1. The lowest BCUT2D eigenvalue weighted by Gasteiger charge is -2.36. The van der Waals surface area contributed by atoms with E-state index in [0.717, 1.165) is 25.0 Å². The molecule has 1 rings (SSSR count). The highest BCUT2D eigenvalue weighted by Gasteiger charge is 2.47. The highest BCUT2D eigenvalue weighted by atomic mass is 32.2. The third-order valence-electron chi connectivity index (χ3n) is 2.98. The smallest absolute Gasteiger partial charge is 0.0763 e. The Balaban J connectivity index is 2.62. The maximum atomic E-state index is 10.1. The molecule has 1 saturated carbocycles. The maximum Gasteiger partial charge on any atom is 0.0763 e. The fraction of sp³-hybridized carbons (Fsp3) is 0.800. The molecule has 1 nitrogen and oxygen atoms in total. The van der Waals surface area contributed by atoms with Crippen molar-refractivity contribution in [1.82, 2.24) is 0 Å². The van der Waals surface area contributed by atoms with Gasteiger partial charge in [0.25, 0.3) is 0 Å². The molecule has 2 atom stereocenters. The summed E-state index contributed by atoms with van der Waals surface area (Å²) in [5.41, 5.74) is -0.485. The van der Waals surface area contributed by atoms with E-state index in [9.17, 15) is 5.11 Å². The van der Waals surface area contributed by atoms with Crippen molar-refractivity contribution in [3.63, 3.8) is 0 Å². The number of hydrogen-bond donors (Lipinski definition) is 1. The summed E-state index contributed by atoms with van der Waals surface area (Å²) in [5.74, 6) is 0.937. The first-order valence-corrected chi connectivity index (χ1v) is 5.48. The Kier molecular flexibility index (Phi) is 2.89. The van der Waals surface area contributed by atoms with Gasteiger partial charge in [-0.25, -0.2) is 0 Å². The molecule has 0 aromatic carbocycles. The topological polar surface area (TPSA) is 20.2 Å². The van der Waals surface area contributed by atoms with Crippen LogP contribution in [0.15, 0.2) is 12.7 Å². The number of aliphatic hydroxyl groups is 1. The first-order chi connectivity index (χ1) is 5.52. The van der Waals surface area contributed by atoms with Crippen molar-refractivity contribution < 1.29 is 5.11 Å². The van der Waals surface area contributed by atoms with E-state index in [2.05, 4.69) is 13.5 Å². The van der Waals surface area contributed by atoms with E-state index in [0.29, 0.717) is 0 Å². The molecule has 1 N–H and O–H groups in total. The van der Waals surface area contributed by atoms with Gasteiger partial charge in [0.05, 0.1) is 5.60 Å². The van der Waals surface area contributed by atoms with Crippen molar-refractivity contribution >= 4 is 11.8 Å². The zero-order valence-electron chi connectivity index (χ0n) is 7.97. The van der Waals surface area contributed by atoms with Gasteiger partial charge >= 0.3 is 0 Å². The maximum absolute atomic E-state index is 10.1. The lowest BCUT2D eigenvalue weighted by Crippen LogP contribution is -2.42. The van der Waals surface area contributed by atoms with Crippen LogP contribution in [-0.2, 0) is 0 Å². The van der Waals surface area contributed by atoms with Crippen LogP contribution >= 0.6 is 11.8 Å². The van der Waals surface area contributed by atoms with Crippen molar-refractivity contribution in [3.05, 3.63) is 12.7 Å². The van der Waals surface area contributed by atoms with Crippen LogP contribution in [0.3, 0.4) is 0 Å². The molecule has 2 heteroatoms. The summed E-state index contributed by atoms with van der Waals surface area (Å²) in [6.45, 7) is 7.81. The van der Waals surface area contributed by atoms with Gasteiger partial charge in [0.1, 0.15) is 0 Å². The molecule has 0 radical (unpaired) electrons. The van der Waals surface area contributed by atoms with E-state index in [1.165, 1.54) is 0 Å². The second-order valence-corrected chi connectivity index (χ2v) is 5.48. The fourth-order valence-electron chi connectivity index (χ4n) is 1.77. The minimum absolute atomic E-state index is 0.0428. The summed E-state index contributed by atoms with van der Waals surface area (Å²) in [6, 6.07) is 0. The van der Waals surface area contributed by atoms with Crippen LogP contribution in [0.4, 0.5) is 0 Å². The van der Waals surface area contributed by atoms with Crippen LogP contribution in [-0.4, -0.2) is 21.2 Å². The monoisotopic (exact) mass is 186 g/mol. The highest BCUT2D eigenvalue weighted by Crippen LogP contribution is 2.48. The van der Waals surface area contributed by atoms with E-state index in [1.54, 1.807) is 0 Å². The van der Waals surface area contributed by atoms with Crippen molar-refractivity contribution in [3.8, 4) is 0 Å². The summed E-state index contributed by atoms with van der Waals surface area (Å²) in [4.78, 5) is 0. The standard InChI is InChI=1S/C10H18OS/c1-4-8-12-10(3)7-5-6-9(10,2)11/h4,11H,1,5-8H2,2-3H3. The summed E-state index contributed by atoms with van der Waals surface area (Å²) >= 11 is 1.83. The molecule has 0 bridgehead atoms. The lowest BCUT2D eigenvalue weighted by molar-refractivity contribution is 0.0437. The molecule has 2 unspecified atom stereocenters. The van der Waals surface area contributed by atoms with Gasteiger partial charge in [-0.15, -0.1) is 18.3 Å². The Morgan fingerprint density at radius 3 is 2.58 bits per heavy atom. The van der Waals surface area contributed by atoms with Crippen molar-refractivity contribution in [2.45, 2.75) is 43.5 Å². The second kappa shape index (κ2) is 3.43. The molecule has 12 heavy (non-hydrogen) atoms. The molecule has 0 saturated heterocycles. The van der Waals surface area contributed by atoms with Crippen molar-refractivity contribution in [2.24, 2.45) is 0 Å². The van der Waals surface area contributed by atoms with Gasteiger partial charge in [0.2, 0.25) is 0 Å². The van der Waals surface area contributed by atoms with Crippen LogP contribution in [0.5, 0.6) is 0 Å². The Morgan fingerprint density at radius 1 is 1.50 bits per heavy atom. The Morgan fingerprint density at radius 2 is 2.17 bits per heavy atom. The van der Waals surface area contributed by atoms with Gasteiger partial charge in [0, 0.05) is 10.5 Å². The van der Waals surface area contributed by atoms with E-state index in [-0.39, 0.29) is 4.75 Å². The van der Waals surface area contributed by atoms with E-state index in [4.69, 9.17) is 0 Å². The molecule has 0 heterocycles. The van der Waals surface area contributed by atoms with Gasteiger partial charge < -0.3 is 5.11 Å². The molecule has 70 valence electrons. The highest BCUT2D eigenvalue weighted by molar-refractivity contribution is 8.00. The van der Waals surface area contributed by atoms with Crippen LogP contribution in [0.1, 0.15) is 33.1 Å². The molecule has 0 amide bonds. The summed E-state index contributed by atoms with van der Waals surface area (Å²) < 4.78 is 0.0428. The molecule has 0 aromatic heterocycles. The zero-order chi connectivity index (χ0) is 9.24. The van der Waals surface area contributed by atoms with E-state index >= 15 is 0 Å². The van der Waals surface area contributed by atoms with E-state index in [1.807, 2.05) is 24.8 Å². The molecule has 0 aromatic rings. The summed E-state index contributed by atoms with van der Waals surface area (Å²) in [6.07, 6.45) is 5.12. The van der Waals surface area contributed by atoms with Gasteiger partial charge in [-0.05, 0) is 33.1 Å². The van der Waals surface area contributed by atoms with Crippen LogP contribution in [0.25, 0.3) is 0 Å². The molecule has 0 aliphatic heterocycles. The first kappa shape index (κ1) is 10.1. The molecule has 1 aliphatic carbocycles. The Labute approximate surface area is 79.2 Å². The first-order valence-electron chi connectivity index (χ1n) is 4.49. The molecular formula is C10H18OS. The van der Waals surface area contributed by atoms with Crippen molar-refractivity contribution in [2.75, 3.05) is 5.75 Å². The average Bonchev–Trinajstić information content (AvgIpc) is 2.24. The number of rotatable bonds is 3. The SMILES string of the molecule is C=CCSC1(C)CCCC1(C)O. The summed E-state index contributed by atoms with van der Waals surface area (Å²) in [7, 11) is 0. The Bertz CT molecular complexity index is 177. The molecule has 0 spiro atoms. The fourth-order valence-corrected chi connectivity index (χ4v) is 2.96. The molecule has 1 fully saturated rings. The lowest BCUT2D eigenvalue weighted by atomic mass is 9.94. The van der Waals surface area contributed by atoms with Gasteiger partial charge in [-0.2, -0.15) is 0 Å². The zero-order valence-corrected chi connectivity index (χ0v) is 8.78. The van der Waals surface area contributed by atoms with Crippen molar-refractivity contribution in [1.29, 1.82) is 0 Å². The predicted molar refractivity (Wildman–Crippen MR) is 55.5 cm³/mol. The third-order valence-corrected chi connectivity index (χ3v) is 4.66. The van der Waals surface area contributed by atoms with Crippen LogP contribution < -0.4 is 0 Å². The van der Waals surface area contributed by atoms with Crippen LogP contribution in [0, 0.1) is 0 Å². The summed E-state index contributed by atoms with van der Waals surface area (Å²) in [5, 5.41) is 10.1. The number of hydrogen-bond acceptors (Lipinski definition) is 2. The average molecular weight is 186 g/mol. The second-order valence-electron chi connectivity index (χ2n) is 3.96. The minimum atomic E-state index is -0.485. The third kappa shape index (κ3) is 1.69.